The summed E-state index contributed by atoms with van der Waals surface area (Å²) >= 11 is 0. The Morgan fingerprint density at radius 2 is 0.962 bits per heavy atom. The molecule has 0 fully saturated rings. The van der Waals surface area contributed by atoms with E-state index in [1.165, 1.54) is 14.2 Å². The molecule has 0 aromatic heterocycles. The Balaban J connectivity index is 2.98. The number of benzene rings is 2. The zero-order valence-corrected chi connectivity index (χ0v) is 16.0. The van der Waals surface area contributed by atoms with Crippen LogP contribution in [0.3, 0.4) is 0 Å². The summed E-state index contributed by atoms with van der Waals surface area (Å²) in [6, 6.07) is 7.02. The summed E-state index contributed by atoms with van der Waals surface area (Å²) < 4.78 is 22.3. The van der Waals surface area contributed by atoms with Crippen LogP contribution in [-0.2, 0) is 0 Å². The third-order valence-corrected chi connectivity index (χ3v) is 4.30. The van der Waals surface area contributed by atoms with Crippen molar-refractivity contribution in [2.45, 2.75) is 26.1 Å². The Labute approximate surface area is 153 Å². The maximum absolute atomic E-state index is 10.1. The van der Waals surface area contributed by atoms with Crippen molar-refractivity contribution >= 4 is 0 Å². The molecule has 0 bridgehead atoms. The first-order chi connectivity index (χ1) is 12.4. The quantitative estimate of drug-likeness (QED) is 0.785. The van der Waals surface area contributed by atoms with Gasteiger partial charge < -0.3 is 29.2 Å². The van der Waals surface area contributed by atoms with E-state index in [9.17, 15) is 10.2 Å². The molecule has 0 aliphatic carbocycles. The second-order valence-electron chi connectivity index (χ2n) is 5.88. The van der Waals surface area contributed by atoms with Crippen LogP contribution in [0.2, 0.25) is 0 Å². The van der Waals surface area contributed by atoms with Crippen LogP contribution < -0.4 is 18.9 Å². The van der Waals surface area contributed by atoms with Crippen molar-refractivity contribution < 1.29 is 29.2 Å². The van der Waals surface area contributed by atoms with E-state index < -0.39 is 12.2 Å². The molecule has 0 heterocycles. The van der Waals surface area contributed by atoms with Crippen LogP contribution >= 0.6 is 0 Å². The van der Waals surface area contributed by atoms with Crippen molar-refractivity contribution in [3.05, 3.63) is 35.4 Å². The van der Waals surface area contributed by atoms with Gasteiger partial charge in [-0.3, -0.25) is 0 Å². The van der Waals surface area contributed by atoms with Gasteiger partial charge in [0.1, 0.15) is 23.0 Å². The second-order valence-corrected chi connectivity index (χ2v) is 5.88. The largest absolute Gasteiger partial charge is 0.496 e. The van der Waals surface area contributed by atoms with E-state index in [4.69, 9.17) is 18.9 Å². The van der Waals surface area contributed by atoms with E-state index >= 15 is 0 Å². The Morgan fingerprint density at radius 1 is 0.615 bits per heavy atom. The molecule has 0 spiro atoms. The highest BCUT2D eigenvalue weighted by atomic mass is 16.5. The number of aliphatic hydroxyl groups excluding tert-OH is 2. The van der Waals surface area contributed by atoms with Crippen molar-refractivity contribution in [1.82, 2.24) is 0 Å². The number of hydrogen-bond donors (Lipinski definition) is 2. The van der Waals surface area contributed by atoms with Crippen LogP contribution in [0.1, 0.15) is 37.2 Å². The predicted octanol–water partition coefficient (Wildman–Crippen LogP) is 3.49. The summed E-state index contributed by atoms with van der Waals surface area (Å²) in [6.07, 6.45) is -1.49. The molecule has 0 aliphatic rings. The lowest BCUT2D eigenvalue weighted by Crippen LogP contribution is -2.05. The molecule has 0 saturated heterocycles. The maximum atomic E-state index is 10.1. The summed E-state index contributed by atoms with van der Waals surface area (Å²) in [6.45, 7) is 3.32. The molecule has 142 valence electrons. The van der Waals surface area contributed by atoms with Crippen molar-refractivity contribution in [1.29, 1.82) is 0 Å². The Bertz CT molecular complexity index is 702. The van der Waals surface area contributed by atoms with E-state index in [2.05, 4.69) is 0 Å². The van der Waals surface area contributed by atoms with Crippen LogP contribution in [0.5, 0.6) is 23.0 Å². The van der Waals surface area contributed by atoms with Crippen molar-refractivity contribution in [3.8, 4) is 34.1 Å². The molecular formula is C20H26O6. The standard InChI is InChI=1S/C20H26O6/c1-11(21)13-7-9-15(23-3)17(19(13)25-5)18-16(24-4)10-8-14(12(2)22)20(18)26-6/h7-12,21-22H,1-6H3/t11-,12-/m1/s1. The molecular weight excluding hydrogens is 336 g/mol. The monoisotopic (exact) mass is 362 g/mol. The third-order valence-electron chi connectivity index (χ3n) is 4.30. The van der Waals surface area contributed by atoms with Gasteiger partial charge in [-0.15, -0.1) is 0 Å². The normalized spacial score (nSPS) is 13.1. The highest BCUT2D eigenvalue weighted by Crippen LogP contribution is 2.51. The van der Waals surface area contributed by atoms with Gasteiger partial charge in [0.2, 0.25) is 0 Å². The molecule has 0 saturated carbocycles. The summed E-state index contributed by atoms with van der Waals surface area (Å²) in [5.74, 6) is 1.98. The van der Waals surface area contributed by atoms with Crippen LogP contribution in [0.4, 0.5) is 0 Å². The van der Waals surface area contributed by atoms with Gasteiger partial charge in [-0.1, -0.05) is 0 Å². The van der Waals surface area contributed by atoms with Gasteiger partial charge in [0.25, 0.3) is 0 Å². The number of rotatable bonds is 7. The lowest BCUT2D eigenvalue weighted by molar-refractivity contribution is 0.193. The van der Waals surface area contributed by atoms with Gasteiger partial charge in [-0.2, -0.15) is 0 Å². The average Bonchev–Trinajstić information content (AvgIpc) is 2.64. The zero-order chi connectivity index (χ0) is 19.4. The van der Waals surface area contributed by atoms with E-state index in [0.717, 1.165) is 0 Å². The number of hydrogen-bond acceptors (Lipinski definition) is 6. The lowest BCUT2D eigenvalue weighted by Gasteiger charge is -2.23. The van der Waals surface area contributed by atoms with Gasteiger partial charge in [-0.25, -0.2) is 0 Å². The topological polar surface area (TPSA) is 77.4 Å². The molecule has 2 aromatic carbocycles. The van der Waals surface area contributed by atoms with Crippen LogP contribution in [0.15, 0.2) is 24.3 Å². The second kappa shape index (κ2) is 8.29. The number of methoxy groups -OCH3 is 4. The molecule has 2 aromatic rings. The Hall–Kier alpha value is -2.44. The van der Waals surface area contributed by atoms with E-state index in [1.54, 1.807) is 52.3 Å². The predicted molar refractivity (Wildman–Crippen MR) is 99.4 cm³/mol. The Morgan fingerprint density at radius 3 is 1.19 bits per heavy atom. The van der Waals surface area contributed by atoms with Gasteiger partial charge in [-0.05, 0) is 38.1 Å². The molecule has 0 aliphatic heterocycles. The SMILES string of the molecule is COc1ccc([C@@H](C)O)c(OC)c1-c1c(OC)ccc([C@@H](C)O)c1OC. The fourth-order valence-corrected chi connectivity index (χ4v) is 3.07. The minimum atomic E-state index is -0.744. The third kappa shape index (κ3) is 3.43. The number of aliphatic hydroxyl groups is 2. The van der Waals surface area contributed by atoms with Gasteiger partial charge in [0.05, 0.1) is 51.8 Å². The zero-order valence-electron chi connectivity index (χ0n) is 16.0. The van der Waals surface area contributed by atoms with Crippen LogP contribution in [-0.4, -0.2) is 38.7 Å². The first-order valence-electron chi connectivity index (χ1n) is 8.27. The molecule has 0 unspecified atom stereocenters. The number of ether oxygens (including phenoxy) is 4. The van der Waals surface area contributed by atoms with E-state index in [1.807, 2.05) is 0 Å². The molecule has 2 rings (SSSR count). The summed E-state index contributed by atoms with van der Waals surface area (Å²) in [5.41, 5.74) is 2.39. The van der Waals surface area contributed by atoms with Gasteiger partial charge in [0, 0.05) is 11.1 Å². The molecule has 6 nitrogen and oxygen atoms in total. The highest BCUT2D eigenvalue weighted by Gasteiger charge is 2.27. The molecule has 2 N–H and O–H groups in total. The first kappa shape index (κ1) is 19.9. The summed E-state index contributed by atoms with van der Waals surface area (Å²) in [4.78, 5) is 0. The molecule has 0 radical (unpaired) electrons. The molecule has 2 atom stereocenters. The van der Waals surface area contributed by atoms with Crippen LogP contribution in [0.25, 0.3) is 11.1 Å². The van der Waals surface area contributed by atoms with Crippen molar-refractivity contribution in [2.75, 3.05) is 28.4 Å². The van der Waals surface area contributed by atoms with Gasteiger partial charge in [0.15, 0.2) is 0 Å². The fourth-order valence-electron chi connectivity index (χ4n) is 3.07. The molecule has 0 amide bonds. The average molecular weight is 362 g/mol. The van der Waals surface area contributed by atoms with Gasteiger partial charge >= 0.3 is 0 Å². The maximum Gasteiger partial charge on any atom is 0.136 e. The molecule has 6 heteroatoms. The highest BCUT2D eigenvalue weighted by molar-refractivity contribution is 5.87. The smallest absolute Gasteiger partial charge is 0.136 e. The summed E-state index contributed by atoms with van der Waals surface area (Å²) in [5, 5.41) is 20.3. The van der Waals surface area contributed by atoms with E-state index in [-0.39, 0.29) is 0 Å². The minimum absolute atomic E-state index is 0.457. The fraction of sp³-hybridized carbons (Fsp3) is 0.400. The molecule has 26 heavy (non-hydrogen) atoms. The Kier molecular flexibility index (Phi) is 6.34. The van der Waals surface area contributed by atoms with Crippen LogP contribution in [0, 0.1) is 0 Å². The first-order valence-corrected chi connectivity index (χ1v) is 8.27. The van der Waals surface area contributed by atoms with Crippen molar-refractivity contribution in [2.24, 2.45) is 0 Å². The van der Waals surface area contributed by atoms with E-state index in [0.29, 0.717) is 45.3 Å². The summed E-state index contributed by atoms with van der Waals surface area (Å²) in [7, 11) is 6.17. The lowest BCUT2D eigenvalue weighted by atomic mass is 9.93. The minimum Gasteiger partial charge on any atom is -0.496 e. The van der Waals surface area contributed by atoms with Crippen molar-refractivity contribution in [3.63, 3.8) is 0 Å².